The molecular formula is C11H16Cl2N2O2S. The molecule has 4 nitrogen and oxygen atoms in total. The zero-order chi connectivity index (χ0) is 12.4. The van der Waals surface area contributed by atoms with Crippen LogP contribution < -0.4 is 10.6 Å². The van der Waals surface area contributed by atoms with Crippen molar-refractivity contribution in [2.24, 2.45) is 0 Å². The van der Waals surface area contributed by atoms with E-state index in [4.69, 9.17) is 11.6 Å². The zero-order valence-corrected chi connectivity index (χ0v) is 12.2. The molecule has 1 amide bonds. The number of aliphatic hydroxyl groups is 1. The van der Waals surface area contributed by atoms with Gasteiger partial charge in [0.15, 0.2) is 0 Å². The standard InChI is InChI=1S/C11H15ClN2O2S.ClH/c1-6(9-2-3-10(12)17-9)14-11(16)8-4-7(15)5-13-8;/h2-3,6-8,13,15H,4-5H2,1H3,(H,14,16);1H. The number of nitrogens with one attached hydrogen (secondary N) is 2. The van der Waals surface area contributed by atoms with Crippen molar-refractivity contribution in [1.82, 2.24) is 10.6 Å². The Morgan fingerprint density at radius 2 is 2.39 bits per heavy atom. The van der Waals surface area contributed by atoms with E-state index in [-0.39, 0.29) is 30.4 Å². The average Bonchev–Trinajstić information content (AvgIpc) is 2.87. The monoisotopic (exact) mass is 310 g/mol. The molecule has 0 saturated carbocycles. The fourth-order valence-corrected chi connectivity index (χ4v) is 2.93. The van der Waals surface area contributed by atoms with Gasteiger partial charge in [-0.05, 0) is 25.5 Å². The van der Waals surface area contributed by atoms with E-state index in [9.17, 15) is 9.90 Å². The summed E-state index contributed by atoms with van der Waals surface area (Å²) in [6.07, 6.45) is 0.0567. The number of halogens is 2. The van der Waals surface area contributed by atoms with Gasteiger partial charge in [0, 0.05) is 11.4 Å². The Hall–Kier alpha value is -0.330. The smallest absolute Gasteiger partial charge is 0.237 e. The molecule has 0 aromatic carbocycles. The summed E-state index contributed by atoms with van der Waals surface area (Å²) in [5, 5.41) is 15.2. The minimum absolute atomic E-state index is 0. The third-order valence-electron chi connectivity index (χ3n) is 2.80. The second-order valence-corrected chi connectivity index (χ2v) is 5.97. The van der Waals surface area contributed by atoms with Crippen LogP contribution in [0.5, 0.6) is 0 Å². The molecule has 3 N–H and O–H groups in total. The van der Waals surface area contributed by atoms with Gasteiger partial charge >= 0.3 is 0 Å². The quantitative estimate of drug-likeness (QED) is 0.796. The maximum Gasteiger partial charge on any atom is 0.237 e. The van der Waals surface area contributed by atoms with Crippen LogP contribution in [-0.4, -0.2) is 29.7 Å². The first kappa shape index (κ1) is 15.7. The maximum atomic E-state index is 11.9. The average molecular weight is 311 g/mol. The largest absolute Gasteiger partial charge is 0.392 e. The Balaban J connectivity index is 0.00000162. The number of hydrogen-bond acceptors (Lipinski definition) is 4. The van der Waals surface area contributed by atoms with Crippen molar-refractivity contribution in [1.29, 1.82) is 0 Å². The van der Waals surface area contributed by atoms with Gasteiger partial charge in [-0.2, -0.15) is 0 Å². The molecule has 102 valence electrons. The van der Waals surface area contributed by atoms with Gasteiger partial charge in [0.2, 0.25) is 5.91 Å². The molecule has 0 bridgehead atoms. The topological polar surface area (TPSA) is 61.4 Å². The molecule has 3 unspecified atom stereocenters. The summed E-state index contributed by atoms with van der Waals surface area (Å²) < 4.78 is 0.718. The minimum Gasteiger partial charge on any atom is -0.392 e. The van der Waals surface area contributed by atoms with E-state index in [0.717, 1.165) is 9.21 Å². The Labute approximate surface area is 121 Å². The Bertz CT molecular complexity index is 414. The van der Waals surface area contributed by atoms with Gasteiger partial charge in [-0.25, -0.2) is 0 Å². The normalized spacial score (nSPS) is 24.4. The van der Waals surface area contributed by atoms with Crippen molar-refractivity contribution in [3.8, 4) is 0 Å². The van der Waals surface area contributed by atoms with E-state index < -0.39 is 6.10 Å². The number of hydrogen-bond donors (Lipinski definition) is 3. The molecule has 7 heteroatoms. The molecular weight excluding hydrogens is 295 g/mol. The van der Waals surface area contributed by atoms with E-state index in [1.54, 1.807) is 0 Å². The molecule has 2 rings (SSSR count). The highest BCUT2D eigenvalue weighted by molar-refractivity contribution is 7.16. The fraction of sp³-hybridized carbons (Fsp3) is 0.545. The lowest BCUT2D eigenvalue weighted by Crippen LogP contribution is -2.41. The van der Waals surface area contributed by atoms with Crippen LogP contribution in [0.25, 0.3) is 0 Å². The van der Waals surface area contributed by atoms with Gasteiger partial charge in [0.25, 0.3) is 0 Å². The van der Waals surface area contributed by atoms with Crippen molar-refractivity contribution in [2.75, 3.05) is 6.54 Å². The highest BCUT2D eigenvalue weighted by Crippen LogP contribution is 2.26. The summed E-state index contributed by atoms with van der Waals surface area (Å²) in [5.74, 6) is -0.0708. The summed E-state index contributed by atoms with van der Waals surface area (Å²) in [7, 11) is 0. The highest BCUT2D eigenvalue weighted by atomic mass is 35.5. The van der Waals surface area contributed by atoms with Crippen LogP contribution in [0.1, 0.15) is 24.3 Å². The summed E-state index contributed by atoms with van der Waals surface area (Å²) in [5.41, 5.74) is 0. The molecule has 0 spiro atoms. The van der Waals surface area contributed by atoms with Gasteiger partial charge in [-0.1, -0.05) is 11.6 Å². The lowest BCUT2D eigenvalue weighted by atomic mass is 10.1. The van der Waals surface area contributed by atoms with Gasteiger partial charge in [-0.3, -0.25) is 4.79 Å². The number of carbonyl (C=O) groups excluding carboxylic acids is 1. The van der Waals surface area contributed by atoms with Crippen molar-refractivity contribution in [3.63, 3.8) is 0 Å². The molecule has 2 heterocycles. The van der Waals surface area contributed by atoms with E-state index in [0.29, 0.717) is 13.0 Å². The molecule has 1 aromatic heterocycles. The maximum absolute atomic E-state index is 11.9. The summed E-state index contributed by atoms with van der Waals surface area (Å²) >= 11 is 7.31. The van der Waals surface area contributed by atoms with Crippen LogP contribution in [0, 0.1) is 0 Å². The molecule has 0 radical (unpaired) electrons. The van der Waals surface area contributed by atoms with Gasteiger partial charge in [0.05, 0.1) is 22.5 Å². The molecule has 1 aromatic rings. The second kappa shape index (κ2) is 6.73. The molecule has 3 atom stereocenters. The number of carbonyl (C=O) groups is 1. The Morgan fingerprint density at radius 3 is 2.89 bits per heavy atom. The predicted octanol–water partition coefficient (Wildman–Crippen LogP) is 1.72. The molecule has 1 aliphatic heterocycles. The van der Waals surface area contributed by atoms with Crippen molar-refractivity contribution in [3.05, 3.63) is 21.3 Å². The first-order valence-electron chi connectivity index (χ1n) is 5.53. The third-order valence-corrected chi connectivity index (χ3v) is 4.22. The number of rotatable bonds is 3. The van der Waals surface area contributed by atoms with E-state index >= 15 is 0 Å². The lowest BCUT2D eigenvalue weighted by molar-refractivity contribution is -0.123. The number of amides is 1. The minimum atomic E-state index is -0.419. The number of aliphatic hydroxyl groups excluding tert-OH is 1. The Kier molecular flexibility index (Phi) is 5.88. The summed E-state index contributed by atoms with van der Waals surface area (Å²) in [6.45, 7) is 2.41. The van der Waals surface area contributed by atoms with Crippen molar-refractivity contribution < 1.29 is 9.90 Å². The highest BCUT2D eigenvalue weighted by Gasteiger charge is 2.28. The van der Waals surface area contributed by atoms with Gasteiger partial charge < -0.3 is 15.7 Å². The van der Waals surface area contributed by atoms with Crippen LogP contribution in [0.3, 0.4) is 0 Å². The van der Waals surface area contributed by atoms with Crippen LogP contribution in [-0.2, 0) is 4.79 Å². The van der Waals surface area contributed by atoms with Crippen LogP contribution in [0.4, 0.5) is 0 Å². The van der Waals surface area contributed by atoms with Crippen LogP contribution >= 0.6 is 35.3 Å². The van der Waals surface area contributed by atoms with Crippen molar-refractivity contribution >= 4 is 41.3 Å². The molecule has 1 fully saturated rings. The van der Waals surface area contributed by atoms with E-state index in [2.05, 4.69) is 10.6 Å². The first-order chi connectivity index (χ1) is 8.06. The molecule has 0 aliphatic carbocycles. The molecule has 1 aliphatic rings. The SMILES string of the molecule is CC(NC(=O)C1CC(O)CN1)c1ccc(Cl)s1.Cl. The van der Waals surface area contributed by atoms with Gasteiger partial charge in [0.1, 0.15) is 0 Å². The number of β-amino-alcohol motifs (C(OH)–C–C–N with tert-alkyl or cyclic N) is 1. The van der Waals surface area contributed by atoms with E-state index in [1.807, 2.05) is 19.1 Å². The van der Waals surface area contributed by atoms with Gasteiger partial charge in [-0.15, -0.1) is 23.7 Å². The van der Waals surface area contributed by atoms with Crippen molar-refractivity contribution in [2.45, 2.75) is 31.5 Å². The van der Waals surface area contributed by atoms with Crippen LogP contribution in [0.2, 0.25) is 4.34 Å². The Morgan fingerprint density at radius 1 is 1.67 bits per heavy atom. The van der Waals surface area contributed by atoms with Crippen LogP contribution in [0.15, 0.2) is 12.1 Å². The molecule has 1 saturated heterocycles. The third kappa shape index (κ3) is 3.83. The molecule has 18 heavy (non-hydrogen) atoms. The number of thiophene rings is 1. The predicted molar refractivity (Wildman–Crippen MR) is 75.5 cm³/mol. The zero-order valence-electron chi connectivity index (χ0n) is 9.85. The fourth-order valence-electron chi connectivity index (χ4n) is 1.86. The summed E-state index contributed by atoms with van der Waals surface area (Å²) in [4.78, 5) is 12.9. The summed E-state index contributed by atoms with van der Waals surface area (Å²) in [6, 6.07) is 3.39. The lowest BCUT2D eigenvalue weighted by Gasteiger charge is -2.16. The first-order valence-corrected chi connectivity index (χ1v) is 6.73. The second-order valence-electron chi connectivity index (χ2n) is 4.22. The van der Waals surface area contributed by atoms with E-state index in [1.165, 1.54) is 11.3 Å².